The molecule has 5 rings (SSSR count). The SMILES string of the molecule is COc1ccc(COC(=O)C2=C(CI)C[S+]([O-])[C@@H]3[C@H](NC(=O)/C(=N\O[C@@H](CC(=O)OC(C)(C)C)C(=O)OCc4ccc(OC)cc4)c4csc(NC(=O)OC(C)(C)C)n4)C(=O)N23)cc1. The van der Waals surface area contributed by atoms with Crippen LogP contribution in [0.5, 0.6) is 11.5 Å². The molecule has 2 N–H and O–H groups in total. The number of anilines is 1. The van der Waals surface area contributed by atoms with Gasteiger partial charge in [-0.3, -0.25) is 24.6 Å². The molecule has 64 heavy (non-hydrogen) atoms. The number of nitrogens with one attached hydrogen (secondary N) is 2. The van der Waals surface area contributed by atoms with Gasteiger partial charge in [-0.15, -0.1) is 11.3 Å². The first-order valence-corrected chi connectivity index (χ1v) is 23.3. The first-order valence-electron chi connectivity index (χ1n) is 19.5. The Kier molecular flexibility index (Phi) is 16.6. The van der Waals surface area contributed by atoms with Crippen molar-refractivity contribution in [3.63, 3.8) is 0 Å². The lowest BCUT2D eigenvalue weighted by molar-refractivity contribution is -0.169. The average molecular weight is 1040 g/mol. The molecule has 3 aromatic rings. The van der Waals surface area contributed by atoms with Crippen LogP contribution in [0, 0.1) is 0 Å². The first-order chi connectivity index (χ1) is 30.2. The van der Waals surface area contributed by atoms with Crippen molar-refractivity contribution in [2.45, 2.75) is 89.9 Å². The Balaban J connectivity index is 1.41. The molecule has 1 aromatic heterocycles. The van der Waals surface area contributed by atoms with Crippen molar-refractivity contribution < 1.29 is 66.6 Å². The highest BCUT2D eigenvalue weighted by molar-refractivity contribution is 14.1. The van der Waals surface area contributed by atoms with Crippen molar-refractivity contribution >= 4 is 91.8 Å². The molecule has 0 radical (unpaired) electrons. The maximum atomic E-state index is 14.2. The number of methoxy groups -OCH3 is 2. The fourth-order valence-electron chi connectivity index (χ4n) is 5.91. The quantitative estimate of drug-likeness (QED) is 0.0267. The molecule has 3 heterocycles. The van der Waals surface area contributed by atoms with Gasteiger partial charge in [0.25, 0.3) is 11.8 Å². The van der Waals surface area contributed by atoms with E-state index in [-0.39, 0.29) is 39.9 Å². The molecule has 2 aliphatic heterocycles. The third kappa shape index (κ3) is 13.3. The number of ether oxygens (including phenoxy) is 6. The number of hydrogen-bond acceptors (Lipinski definition) is 17. The summed E-state index contributed by atoms with van der Waals surface area (Å²) in [4.78, 5) is 91.6. The van der Waals surface area contributed by atoms with Gasteiger partial charge in [-0.05, 0) is 88.1 Å². The van der Waals surface area contributed by atoms with Crippen LogP contribution in [-0.4, -0.2) is 109 Å². The number of benzene rings is 2. The molecule has 3 amide bonds. The lowest BCUT2D eigenvalue weighted by atomic mass is 10.0. The number of rotatable bonds is 17. The Hall–Kier alpha value is -5.46. The van der Waals surface area contributed by atoms with E-state index in [2.05, 4.69) is 20.8 Å². The summed E-state index contributed by atoms with van der Waals surface area (Å²) >= 11 is 1.10. The lowest BCUT2D eigenvalue weighted by Crippen LogP contribution is -2.75. The molecule has 19 nitrogen and oxygen atoms in total. The van der Waals surface area contributed by atoms with Gasteiger partial charge < -0.3 is 43.1 Å². The van der Waals surface area contributed by atoms with E-state index in [1.165, 1.54) is 19.6 Å². The minimum Gasteiger partial charge on any atom is -0.614 e. The number of β-lactam (4-membered cyclic amide) rings is 1. The van der Waals surface area contributed by atoms with Crippen molar-refractivity contribution in [3.05, 3.63) is 82.0 Å². The number of aromatic nitrogens is 1. The number of carbonyl (C=O) groups excluding carboxylic acids is 6. The summed E-state index contributed by atoms with van der Waals surface area (Å²) in [7, 11) is 3.02. The summed E-state index contributed by atoms with van der Waals surface area (Å²) < 4.78 is 46.0. The number of hydrogen-bond donors (Lipinski definition) is 2. The molecule has 0 spiro atoms. The third-order valence-electron chi connectivity index (χ3n) is 8.79. The van der Waals surface area contributed by atoms with Crippen LogP contribution in [-0.2, 0) is 72.1 Å². The monoisotopic (exact) mass is 1040 g/mol. The van der Waals surface area contributed by atoms with E-state index < -0.39 is 87.8 Å². The zero-order valence-electron chi connectivity index (χ0n) is 36.2. The number of carbonyl (C=O) groups is 6. The van der Waals surface area contributed by atoms with Gasteiger partial charge in [-0.2, -0.15) is 0 Å². The summed E-state index contributed by atoms with van der Waals surface area (Å²) in [5, 5.41) is 9.10. The number of amides is 3. The van der Waals surface area contributed by atoms with E-state index in [1.807, 2.05) is 22.6 Å². The molecule has 4 atom stereocenters. The van der Waals surface area contributed by atoms with E-state index in [4.69, 9.17) is 33.3 Å². The Morgan fingerprint density at radius 2 is 1.50 bits per heavy atom. The zero-order valence-corrected chi connectivity index (χ0v) is 40.0. The summed E-state index contributed by atoms with van der Waals surface area (Å²) in [5.41, 5.74) is -1.01. The Bertz CT molecular complexity index is 2270. The standard InChI is InChI=1S/C42H48IN5O14S2/c1-41(2,3)60-30(49)17-29(37(52)58-19-23-9-13-26(56-7)14-10-23)62-47-31(28-21-63-39(44-28)46-40(54)61-42(4,5)6)34(50)45-32-35(51)48-33(25(18-43)22-64(55)36(32)48)38(53)59-20-24-11-15-27(57-8)16-12-24/h9-16,21,29,32,36H,17-20,22H2,1-8H3,(H,45,50)(H,44,46,54)/b47-31-/t29-,32+,36+,64?/m0/s1. The smallest absolute Gasteiger partial charge is 0.413 e. The summed E-state index contributed by atoms with van der Waals surface area (Å²) in [6, 6.07) is 12.1. The second-order valence-electron chi connectivity index (χ2n) is 16.0. The Morgan fingerprint density at radius 1 is 0.922 bits per heavy atom. The van der Waals surface area contributed by atoms with Gasteiger partial charge in [0.2, 0.25) is 11.5 Å². The fourth-order valence-corrected chi connectivity index (χ4v) is 9.28. The minimum absolute atomic E-state index is 0.0255. The van der Waals surface area contributed by atoms with E-state index in [0.29, 0.717) is 28.2 Å². The molecule has 1 saturated heterocycles. The van der Waals surface area contributed by atoms with E-state index >= 15 is 0 Å². The second kappa shape index (κ2) is 21.5. The molecule has 1 unspecified atom stereocenters. The van der Waals surface area contributed by atoms with Crippen molar-refractivity contribution in [2.75, 3.05) is 29.7 Å². The number of nitrogens with zero attached hydrogens (tertiary/aromatic N) is 3. The van der Waals surface area contributed by atoms with Crippen LogP contribution >= 0.6 is 33.9 Å². The van der Waals surface area contributed by atoms with Crippen molar-refractivity contribution in [1.29, 1.82) is 0 Å². The molecule has 344 valence electrons. The average Bonchev–Trinajstić information content (AvgIpc) is 3.69. The van der Waals surface area contributed by atoms with Crippen LogP contribution in [0.3, 0.4) is 0 Å². The number of thiazole rings is 1. The lowest BCUT2D eigenvalue weighted by Gasteiger charge is -2.49. The van der Waals surface area contributed by atoms with Crippen LogP contribution in [0.25, 0.3) is 0 Å². The van der Waals surface area contributed by atoms with Gasteiger partial charge in [0, 0.05) is 15.4 Å². The molecule has 2 aliphatic rings. The molecule has 0 bridgehead atoms. The molecule has 1 fully saturated rings. The third-order valence-corrected chi connectivity index (χ3v) is 12.1. The highest BCUT2D eigenvalue weighted by Crippen LogP contribution is 2.38. The van der Waals surface area contributed by atoms with E-state index in [0.717, 1.165) is 16.2 Å². The Morgan fingerprint density at radius 3 is 2.05 bits per heavy atom. The van der Waals surface area contributed by atoms with Crippen LogP contribution < -0.4 is 20.1 Å². The van der Waals surface area contributed by atoms with Crippen LogP contribution in [0.4, 0.5) is 9.93 Å². The highest BCUT2D eigenvalue weighted by Gasteiger charge is 2.61. The zero-order chi connectivity index (χ0) is 46.9. The number of esters is 3. The number of fused-ring (bicyclic) bond motifs is 1. The summed E-state index contributed by atoms with van der Waals surface area (Å²) in [6.07, 6.45) is -3.30. The van der Waals surface area contributed by atoms with Gasteiger partial charge in [0.1, 0.15) is 53.1 Å². The van der Waals surface area contributed by atoms with Crippen LogP contribution in [0.1, 0.15) is 64.8 Å². The molecule has 0 aliphatic carbocycles. The maximum absolute atomic E-state index is 14.2. The summed E-state index contributed by atoms with van der Waals surface area (Å²) in [6.45, 7) is 9.52. The van der Waals surface area contributed by atoms with Crippen molar-refractivity contribution in [2.24, 2.45) is 5.16 Å². The molecule has 0 saturated carbocycles. The summed E-state index contributed by atoms with van der Waals surface area (Å²) in [5.74, 6) is -3.46. The normalized spacial score (nSPS) is 17.8. The van der Waals surface area contributed by atoms with Crippen LogP contribution in [0.15, 0.2) is 70.3 Å². The minimum atomic E-state index is -1.79. The van der Waals surface area contributed by atoms with Gasteiger partial charge >= 0.3 is 24.0 Å². The maximum Gasteiger partial charge on any atom is 0.413 e. The topological polar surface area (TPSA) is 243 Å². The van der Waals surface area contributed by atoms with Gasteiger partial charge in [-0.1, -0.05) is 52.0 Å². The number of alkyl halides is 1. The Labute approximate surface area is 389 Å². The van der Waals surface area contributed by atoms with Crippen molar-refractivity contribution in [1.82, 2.24) is 15.2 Å². The van der Waals surface area contributed by atoms with Crippen LogP contribution in [0.2, 0.25) is 0 Å². The van der Waals surface area contributed by atoms with E-state index in [9.17, 15) is 33.3 Å². The molecular formula is C42H48IN5O14S2. The number of oxime groups is 1. The van der Waals surface area contributed by atoms with E-state index in [1.54, 1.807) is 90.1 Å². The second-order valence-corrected chi connectivity index (χ2v) is 19.2. The van der Waals surface area contributed by atoms with Gasteiger partial charge in [0.15, 0.2) is 16.9 Å². The molecule has 22 heteroatoms. The predicted octanol–water partition coefficient (Wildman–Crippen LogP) is 4.92. The highest BCUT2D eigenvalue weighted by atomic mass is 127. The van der Waals surface area contributed by atoms with Crippen molar-refractivity contribution in [3.8, 4) is 11.5 Å². The largest absolute Gasteiger partial charge is 0.614 e. The predicted molar refractivity (Wildman–Crippen MR) is 241 cm³/mol. The van der Waals surface area contributed by atoms with Gasteiger partial charge in [0.05, 0.1) is 20.6 Å². The molecule has 2 aromatic carbocycles. The fraction of sp³-hybridized carbons (Fsp3) is 0.429. The van der Waals surface area contributed by atoms with Gasteiger partial charge in [-0.25, -0.2) is 19.4 Å². The number of halogens is 1. The molecular weight excluding hydrogens is 990 g/mol. The first kappa shape index (κ1) is 49.6.